The zero-order valence-corrected chi connectivity index (χ0v) is 14.4. The van der Waals surface area contributed by atoms with Crippen LogP contribution in [0.15, 0.2) is 28.7 Å². The van der Waals surface area contributed by atoms with Crippen LogP contribution in [0.1, 0.15) is 56.6 Å². The predicted molar refractivity (Wildman–Crippen MR) is 92.3 cm³/mol. The van der Waals surface area contributed by atoms with Crippen molar-refractivity contribution in [3.8, 4) is 0 Å². The number of piperidine rings is 1. The first kappa shape index (κ1) is 15.5. The minimum Gasteiger partial charge on any atom is -0.329 e. The molecule has 1 aliphatic heterocycles. The topological polar surface area (TPSA) is 29.3 Å². The molecule has 0 aromatic heterocycles. The van der Waals surface area contributed by atoms with E-state index < -0.39 is 0 Å². The summed E-state index contributed by atoms with van der Waals surface area (Å²) >= 11 is 3.69. The van der Waals surface area contributed by atoms with Crippen LogP contribution in [0.5, 0.6) is 0 Å². The van der Waals surface area contributed by atoms with E-state index in [1.807, 2.05) is 0 Å². The van der Waals surface area contributed by atoms with Gasteiger partial charge >= 0.3 is 0 Å². The van der Waals surface area contributed by atoms with Gasteiger partial charge in [0, 0.05) is 17.1 Å². The molecule has 2 fully saturated rings. The third-order valence-electron chi connectivity index (χ3n) is 5.70. The summed E-state index contributed by atoms with van der Waals surface area (Å²) in [7, 11) is 0. The first-order valence-corrected chi connectivity index (χ1v) is 9.22. The monoisotopic (exact) mass is 350 g/mol. The molecule has 0 radical (unpaired) electrons. The summed E-state index contributed by atoms with van der Waals surface area (Å²) in [4.78, 5) is 2.61. The van der Waals surface area contributed by atoms with Crippen LogP contribution in [-0.4, -0.2) is 24.5 Å². The van der Waals surface area contributed by atoms with Gasteiger partial charge in [-0.1, -0.05) is 53.4 Å². The predicted octanol–water partition coefficient (Wildman–Crippen LogP) is 4.50. The number of benzene rings is 1. The van der Waals surface area contributed by atoms with Gasteiger partial charge in [0.2, 0.25) is 0 Å². The Morgan fingerprint density at radius 1 is 1.05 bits per heavy atom. The third kappa shape index (κ3) is 3.35. The van der Waals surface area contributed by atoms with Crippen LogP contribution in [0.2, 0.25) is 0 Å². The van der Waals surface area contributed by atoms with Crippen LogP contribution in [0, 0.1) is 5.41 Å². The molecule has 1 aromatic carbocycles. The highest BCUT2D eigenvalue weighted by atomic mass is 79.9. The van der Waals surface area contributed by atoms with Crippen LogP contribution < -0.4 is 5.73 Å². The van der Waals surface area contributed by atoms with Gasteiger partial charge < -0.3 is 5.73 Å². The first-order valence-electron chi connectivity index (χ1n) is 8.43. The molecule has 2 N–H and O–H groups in total. The Kier molecular flexibility index (Phi) is 5.03. The highest BCUT2D eigenvalue weighted by Gasteiger charge is 2.37. The zero-order chi connectivity index (χ0) is 14.7. The summed E-state index contributed by atoms with van der Waals surface area (Å²) < 4.78 is 1.19. The molecule has 1 atom stereocenters. The average molecular weight is 351 g/mol. The maximum absolute atomic E-state index is 6.11. The normalized spacial score (nSPS) is 24.1. The fourth-order valence-electron chi connectivity index (χ4n) is 4.33. The average Bonchev–Trinajstić information content (AvgIpc) is 2.53. The number of halogens is 1. The summed E-state index contributed by atoms with van der Waals surface area (Å²) in [6, 6.07) is 8.91. The van der Waals surface area contributed by atoms with Gasteiger partial charge in [0.25, 0.3) is 0 Å². The van der Waals surface area contributed by atoms with Gasteiger partial charge in [0.15, 0.2) is 0 Å². The van der Waals surface area contributed by atoms with Crippen LogP contribution in [0.4, 0.5) is 0 Å². The van der Waals surface area contributed by atoms with E-state index in [-0.39, 0.29) is 0 Å². The molecule has 1 heterocycles. The lowest BCUT2D eigenvalue weighted by molar-refractivity contribution is 0.0463. The standard InChI is InChI=1S/C18H27BrN2/c19-16-7-3-2-6-15(16)17(14-20)21-12-10-18(11-13-21)8-4-1-5-9-18/h2-3,6-7,17H,1,4-5,8-14,20H2. The molecular weight excluding hydrogens is 324 g/mol. The highest BCUT2D eigenvalue weighted by molar-refractivity contribution is 9.10. The molecule has 1 saturated heterocycles. The molecule has 1 saturated carbocycles. The summed E-state index contributed by atoms with van der Waals surface area (Å²) in [6.07, 6.45) is 10.0. The first-order chi connectivity index (χ1) is 10.2. The molecule has 116 valence electrons. The van der Waals surface area contributed by atoms with Crippen LogP contribution in [-0.2, 0) is 0 Å². The highest BCUT2D eigenvalue weighted by Crippen LogP contribution is 2.45. The lowest BCUT2D eigenvalue weighted by Gasteiger charge is -2.46. The third-order valence-corrected chi connectivity index (χ3v) is 6.42. The van der Waals surface area contributed by atoms with Crippen molar-refractivity contribution in [1.29, 1.82) is 0 Å². The summed E-state index contributed by atoms with van der Waals surface area (Å²) in [5.74, 6) is 0. The minimum absolute atomic E-state index is 0.363. The van der Waals surface area contributed by atoms with Crippen molar-refractivity contribution in [2.24, 2.45) is 11.1 Å². The van der Waals surface area contributed by atoms with E-state index in [1.54, 1.807) is 0 Å². The molecule has 3 heteroatoms. The van der Waals surface area contributed by atoms with Crippen molar-refractivity contribution in [2.75, 3.05) is 19.6 Å². The Labute approximate surface area is 137 Å². The number of hydrogen-bond acceptors (Lipinski definition) is 2. The van der Waals surface area contributed by atoms with Crippen molar-refractivity contribution in [3.63, 3.8) is 0 Å². The van der Waals surface area contributed by atoms with Crippen molar-refractivity contribution in [3.05, 3.63) is 34.3 Å². The van der Waals surface area contributed by atoms with Crippen LogP contribution in [0.25, 0.3) is 0 Å². The van der Waals surface area contributed by atoms with E-state index in [9.17, 15) is 0 Å². The lowest BCUT2D eigenvalue weighted by atomic mass is 9.68. The van der Waals surface area contributed by atoms with Gasteiger partial charge in [-0.25, -0.2) is 0 Å². The van der Waals surface area contributed by atoms with E-state index in [0.717, 1.165) is 0 Å². The van der Waals surface area contributed by atoms with Crippen LogP contribution in [0.3, 0.4) is 0 Å². The molecule has 2 aliphatic rings. The molecule has 21 heavy (non-hydrogen) atoms. The molecule has 1 aromatic rings. The maximum Gasteiger partial charge on any atom is 0.0481 e. The van der Waals surface area contributed by atoms with E-state index >= 15 is 0 Å². The second-order valence-corrected chi connectivity index (χ2v) is 7.72. The minimum atomic E-state index is 0.363. The van der Waals surface area contributed by atoms with E-state index in [0.29, 0.717) is 18.0 Å². The van der Waals surface area contributed by atoms with Gasteiger partial charge in [-0.05, 0) is 55.8 Å². The van der Waals surface area contributed by atoms with Gasteiger partial charge in [0.05, 0.1) is 0 Å². The fraction of sp³-hybridized carbons (Fsp3) is 0.667. The van der Waals surface area contributed by atoms with E-state index in [1.165, 1.54) is 68.1 Å². The van der Waals surface area contributed by atoms with Gasteiger partial charge in [0.1, 0.15) is 0 Å². The Morgan fingerprint density at radius 2 is 1.71 bits per heavy atom. The quantitative estimate of drug-likeness (QED) is 0.869. The number of rotatable bonds is 3. The zero-order valence-electron chi connectivity index (χ0n) is 12.9. The summed E-state index contributed by atoms with van der Waals surface area (Å²) in [6.45, 7) is 3.13. The van der Waals surface area contributed by atoms with Crippen molar-refractivity contribution in [2.45, 2.75) is 51.0 Å². The number of likely N-dealkylation sites (tertiary alicyclic amines) is 1. The second kappa shape index (κ2) is 6.80. The molecule has 1 aliphatic carbocycles. The number of nitrogens with two attached hydrogens (primary N) is 1. The molecule has 2 nitrogen and oxygen atoms in total. The van der Waals surface area contributed by atoms with Gasteiger partial charge in [-0.3, -0.25) is 4.90 Å². The van der Waals surface area contributed by atoms with Gasteiger partial charge in [-0.2, -0.15) is 0 Å². The smallest absolute Gasteiger partial charge is 0.0481 e. The summed E-state index contributed by atoms with van der Waals surface area (Å²) in [5.41, 5.74) is 8.13. The fourth-order valence-corrected chi connectivity index (χ4v) is 4.88. The number of nitrogens with zero attached hydrogens (tertiary/aromatic N) is 1. The Bertz CT molecular complexity index is 458. The van der Waals surface area contributed by atoms with Gasteiger partial charge in [-0.15, -0.1) is 0 Å². The largest absolute Gasteiger partial charge is 0.329 e. The Hall–Kier alpha value is -0.380. The summed E-state index contributed by atoms with van der Waals surface area (Å²) in [5, 5.41) is 0. The van der Waals surface area contributed by atoms with Crippen LogP contribution >= 0.6 is 15.9 Å². The van der Waals surface area contributed by atoms with E-state index in [2.05, 4.69) is 45.1 Å². The van der Waals surface area contributed by atoms with Crippen molar-refractivity contribution >= 4 is 15.9 Å². The maximum atomic E-state index is 6.11. The molecule has 1 spiro atoms. The second-order valence-electron chi connectivity index (χ2n) is 6.87. The van der Waals surface area contributed by atoms with E-state index in [4.69, 9.17) is 5.73 Å². The Balaban J connectivity index is 1.68. The lowest BCUT2D eigenvalue weighted by Crippen LogP contribution is -2.44. The SMILES string of the molecule is NCC(c1ccccc1Br)N1CCC2(CCCCC2)CC1. The van der Waals surface area contributed by atoms with Crippen molar-refractivity contribution < 1.29 is 0 Å². The molecular formula is C18H27BrN2. The molecule has 1 unspecified atom stereocenters. The number of hydrogen-bond donors (Lipinski definition) is 1. The molecule has 0 amide bonds. The van der Waals surface area contributed by atoms with Crippen molar-refractivity contribution in [1.82, 2.24) is 4.90 Å². The molecule has 0 bridgehead atoms. The molecule has 3 rings (SSSR count). The Morgan fingerprint density at radius 3 is 2.33 bits per heavy atom.